The van der Waals surface area contributed by atoms with Crippen molar-refractivity contribution >= 4 is 17.1 Å². The van der Waals surface area contributed by atoms with Crippen LogP contribution in [0.2, 0.25) is 0 Å². The molecule has 0 radical (unpaired) electrons. The number of aromatic nitrogens is 1. The van der Waals surface area contributed by atoms with Crippen molar-refractivity contribution in [3.8, 4) is 0 Å². The Balaban J connectivity index is 1.77. The van der Waals surface area contributed by atoms with Gasteiger partial charge in [-0.3, -0.25) is 4.98 Å². The number of nitrogens with zero attached hydrogens (tertiary/aromatic N) is 3. The van der Waals surface area contributed by atoms with Gasteiger partial charge in [0.05, 0.1) is 29.8 Å². The Labute approximate surface area is 165 Å². The van der Waals surface area contributed by atoms with Gasteiger partial charge in [0.25, 0.3) is 0 Å². The molecule has 0 spiro atoms. The zero-order valence-electron chi connectivity index (χ0n) is 16.1. The number of nitrogens with two attached hydrogens (primary N) is 2. The molecule has 4 N–H and O–H groups in total. The fourth-order valence-electron chi connectivity index (χ4n) is 3.96. The van der Waals surface area contributed by atoms with Gasteiger partial charge in [0.15, 0.2) is 0 Å². The van der Waals surface area contributed by atoms with Crippen LogP contribution in [-0.4, -0.2) is 30.7 Å². The average Bonchev–Trinajstić information content (AvgIpc) is 2.68. The summed E-state index contributed by atoms with van der Waals surface area (Å²) < 4.78 is 14.8. The van der Waals surface area contributed by atoms with Crippen molar-refractivity contribution in [2.24, 2.45) is 11.5 Å². The highest BCUT2D eigenvalue weighted by atomic mass is 19.1. The van der Waals surface area contributed by atoms with Crippen molar-refractivity contribution in [2.45, 2.75) is 25.8 Å². The molecule has 1 aromatic carbocycles. The maximum atomic E-state index is 14.8. The van der Waals surface area contributed by atoms with Gasteiger partial charge in [0.1, 0.15) is 5.82 Å². The number of piperidine rings is 1. The molecule has 0 unspecified atom stereocenters. The van der Waals surface area contributed by atoms with E-state index in [4.69, 9.17) is 11.5 Å². The molecule has 0 amide bonds. The van der Waals surface area contributed by atoms with Gasteiger partial charge in [-0.2, -0.15) is 0 Å². The van der Waals surface area contributed by atoms with E-state index in [2.05, 4.69) is 9.88 Å². The molecule has 0 saturated carbocycles. The molecule has 2 aliphatic rings. The summed E-state index contributed by atoms with van der Waals surface area (Å²) in [7, 11) is 0. The second-order valence-corrected chi connectivity index (χ2v) is 7.58. The highest BCUT2D eigenvalue weighted by Gasteiger charge is 2.26. The third-order valence-corrected chi connectivity index (χ3v) is 5.35. The van der Waals surface area contributed by atoms with E-state index in [1.807, 2.05) is 48.4 Å². The van der Waals surface area contributed by atoms with Crippen molar-refractivity contribution < 1.29 is 4.39 Å². The molecular weight excluding hydrogens is 353 g/mol. The molecule has 146 valence electrons. The second-order valence-electron chi connectivity index (χ2n) is 7.58. The van der Waals surface area contributed by atoms with Crippen LogP contribution in [-0.2, 0) is 0 Å². The highest BCUT2D eigenvalue weighted by Crippen LogP contribution is 2.37. The van der Waals surface area contributed by atoms with E-state index >= 15 is 0 Å². The summed E-state index contributed by atoms with van der Waals surface area (Å²) in [5.41, 5.74) is 17.3. The molecule has 2 aromatic rings. The van der Waals surface area contributed by atoms with E-state index in [0.717, 1.165) is 54.3 Å². The fraction of sp³-hybridized carbons (Fsp3) is 0.318. The Bertz CT molecular complexity index is 936. The lowest BCUT2D eigenvalue weighted by atomic mass is 10.0. The molecule has 6 heteroatoms. The van der Waals surface area contributed by atoms with Crippen molar-refractivity contribution in [1.82, 2.24) is 4.98 Å². The van der Waals surface area contributed by atoms with E-state index in [1.165, 1.54) is 0 Å². The second kappa shape index (κ2) is 7.64. The zero-order valence-corrected chi connectivity index (χ0v) is 16.1. The Morgan fingerprint density at radius 2 is 2.04 bits per heavy atom. The molecule has 1 fully saturated rings. The summed E-state index contributed by atoms with van der Waals surface area (Å²) in [6.45, 7) is 4.12. The molecule has 1 aromatic heterocycles. The molecule has 28 heavy (non-hydrogen) atoms. The Hall–Kier alpha value is -2.86. The molecular formula is C22H26FN5. The predicted molar refractivity (Wildman–Crippen MR) is 112 cm³/mol. The Morgan fingerprint density at radius 3 is 2.82 bits per heavy atom. The summed E-state index contributed by atoms with van der Waals surface area (Å²) in [5, 5.41) is 0. The minimum atomic E-state index is -0.240. The third-order valence-electron chi connectivity index (χ3n) is 5.35. The van der Waals surface area contributed by atoms with Gasteiger partial charge in [0.2, 0.25) is 0 Å². The standard InChI is InChI=1S/C22H26FN5/c1-15-4-6-18(19(23)11-15)20-7-5-17(25)14-28(20)22-12-26-9-8-21(22)27-10-2-3-16(24)13-27/h4-9,11-12,16H,2-3,10,13-14,24-25H2,1H3/t16-/m0/s1. The molecule has 0 aliphatic carbocycles. The van der Waals surface area contributed by atoms with Gasteiger partial charge in [-0.15, -0.1) is 0 Å². The fourth-order valence-corrected chi connectivity index (χ4v) is 3.96. The van der Waals surface area contributed by atoms with Crippen LogP contribution in [0, 0.1) is 12.7 Å². The van der Waals surface area contributed by atoms with Crippen molar-refractivity contribution in [2.75, 3.05) is 29.4 Å². The number of anilines is 2. The van der Waals surface area contributed by atoms with E-state index in [-0.39, 0.29) is 11.9 Å². The molecule has 3 heterocycles. The van der Waals surface area contributed by atoms with Gasteiger partial charge >= 0.3 is 0 Å². The van der Waals surface area contributed by atoms with Crippen LogP contribution in [0.25, 0.3) is 5.70 Å². The molecule has 5 nitrogen and oxygen atoms in total. The summed E-state index contributed by atoms with van der Waals surface area (Å²) >= 11 is 0. The van der Waals surface area contributed by atoms with Crippen LogP contribution in [0.5, 0.6) is 0 Å². The summed E-state index contributed by atoms with van der Waals surface area (Å²) in [4.78, 5) is 8.68. The average molecular weight is 379 g/mol. The minimum Gasteiger partial charge on any atom is -0.401 e. The van der Waals surface area contributed by atoms with Gasteiger partial charge in [-0.25, -0.2) is 4.39 Å². The zero-order chi connectivity index (χ0) is 19.7. The van der Waals surface area contributed by atoms with E-state index < -0.39 is 0 Å². The van der Waals surface area contributed by atoms with Crippen LogP contribution < -0.4 is 21.3 Å². The van der Waals surface area contributed by atoms with Gasteiger partial charge in [-0.05, 0) is 55.7 Å². The quantitative estimate of drug-likeness (QED) is 0.857. The summed E-state index contributed by atoms with van der Waals surface area (Å²) in [6, 6.07) is 7.47. The van der Waals surface area contributed by atoms with Gasteiger partial charge in [0, 0.05) is 36.6 Å². The van der Waals surface area contributed by atoms with Crippen LogP contribution >= 0.6 is 0 Å². The van der Waals surface area contributed by atoms with Crippen LogP contribution in [0.15, 0.2) is 54.5 Å². The van der Waals surface area contributed by atoms with Crippen molar-refractivity contribution in [3.05, 3.63) is 71.5 Å². The number of halogens is 1. The molecule has 4 rings (SSSR count). The van der Waals surface area contributed by atoms with Gasteiger partial charge in [-0.1, -0.05) is 6.07 Å². The van der Waals surface area contributed by atoms with E-state index in [1.54, 1.807) is 12.3 Å². The predicted octanol–water partition coefficient (Wildman–Crippen LogP) is 3.16. The summed E-state index contributed by atoms with van der Waals surface area (Å²) in [5.74, 6) is -0.240. The SMILES string of the molecule is Cc1ccc(C2=CC=C(N)CN2c2cnccc2N2CCC[C@H](N)C2)c(F)c1. The van der Waals surface area contributed by atoms with Crippen molar-refractivity contribution in [1.29, 1.82) is 0 Å². The first-order chi connectivity index (χ1) is 13.5. The van der Waals surface area contributed by atoms with Gasteiger partial charge < -0.3 is 21.3 Å². The number of hydrogen-bond acceptors (Lipinski definition) is 5. The van der Waals surface area contributed by atoms with Crippen LogP contribution in [0.1, 0.15) is 24.0 Å². The minimum absolute atomic E-state index is 0.158. The first-order valence-corrected chi connectivity index (χ1v) is 9.68. The molecule has 2 aliphatic heterocycles. The first-order valence-electron chi connectivity index (χ1n) is 9.68. The number of allylic oxidation sites excluding steroid dienone is 2. The van der Waals surface area contributed by atoms with Crippen LogP contribution in [0.3, 0.4) is 0 Å². The lowest BCUT2D eigenvalue weighted by molar-refractivity contribution is 0.506. The molecule has 0 bridgehead atoms. The normalized spacial score (nSPS) is 20.0. The largest absolute Gasteiger partial charge is 0.401 e. The first kappa shape index (κ1) is 18.5. The van der Waals surface area contributed by atoms with Crippen LogP contribution in [0.4, 0.5) is 15.8 Å². The van der Waals surface area contributed by atoms with E-state index in [0.29, 0.717) is 12.1 Å². The number of rotatable bonds is 3. The highest BCUT2D eigenvalue weighted by molar-refractivity contribution is 5.87. The smallest absolute Gasteiger partial charge is 0.132 e. The lowest BCUT2D eigenvalue weighted by Gasteiger charge is -2.37. The molecule has 1 atom stereocenters. The monoisotopic (exact) mass is 379 g/mol. The van der Waals surface area contributed by atoms with E-state index in [9.17, 15) is 4.39 Å². The third kappa shape index (κ3) is 3.60. The Morgan fingerprint density at radius 1 is 1.18 bits per heavy atom. The topological polar surface area (TPSA) is 71.4 Å². The maximum absolute atomic E-state index is 14.8. The Kier molecular flexibility index (Phi) is 5.05. The maximum Gasteiger partial charge on any atom is 0.132 e. The molecule has 1 saturated heterocycles. The number of hydrogen-bond donors (Lipinski definition) is 2. The lowest BCUT2D eigenvalue weighted by Crippen LogP contribution is -2.43. The number of aryl methyl sites for hydroxylation is 1. The number of pyridine rings is 1. The summed E-state index contributed by atoms with van der Waals surface area (Å²) in [6.07, 6.45) is 9.44. The number of benzene rings is 1. The van der Waals surface area contributed by atoms with Crippen molar-refractivity contribution in [3.63, 3.8) is 0 Å².